The summed E-state index contributed by atoms with van der Waals surface area (Å²) in [4.78, 5) is 41.2. The summed E-state index contributed by atoms with van der Waals surface area (Å²) in [5.74, 6) is 2.98. The van der Waals surface area contributed by atoms with Crippen molar-refractivity contribution < 1.29 is 35.5 Å². The third-order valence-corrected chi connectivity index (χ3v) is 17.0. The molecular weight excluding hydrogens is 958 g/mol. The van der Waals surface area contributed by atoms with E-state index in [2.05, 4.69) is 29.7 Å². The van der Waals surface area contributed by atoms with Crippen molar-refractivity contribution in [1.82, 2.24) is 48.3 Å². The fraction of sp³-hybridized carbons (Fsp3) is 0.438. The normalized spacial score (nSPS) is 21.4. The molecule has 0 radical (unpaired) electrons. The average molecular weight is 1010 g/mol. The van der Waals surface area contributed by atoms with E-state index in [1.807, 2.05) is 71.0 Å². The van der Waals surface area contributed by atoms with E-state index < -0.39 is 20.0 Å². The molecule has 4 aliphatic heterocycles. The number of carbonyl (C=O) groups excluding carboxylic acids is 2. The molecule has 1 N–H and O–H groups in total. The predicted molar refractivity (Wildman–Crippen MR) is 263 cm³/mol. The number of amides is 2. The number of aromatic nitrogens is 7. The van der Waals surface area contributed by atoms with Gasteiger partial charge in [0.1, 0.15) is 23.2 Å². The molecule has 70 heavy (non-hydrogen) atoms. The smallest absolute Gasteiger partial charge is 0.227 e. The van der Waals surface area contributed by atoms with Gasteiger partial charge in [-0.05, 0) is 102 Å². The molecule has 368 valence electrons. The highest BCUT2D eigenvalue weighted by Gasteiger charge is 2.41. The second kappa shape index (κ2) is 18.0. The number of sulfonamides is 2. The van der Waals surface area contributed by atoms with Crippen LogP contribution in [0.1, 0.15) is 103 Å². The van der Waals surface area contributed by atoms with Gasteiger partial charge in [-0.1, -0.05) is 34.0 Å². The number of rotatable bonds is 9. The molecule has 0 saturated carbocycles. The molecule has 5 aromatic heterocycles. The second-order valence-corrected chi connectivity index (χ2v) is 23.2. The first kappa shape index (κ1) is 47.7. The van der Waals surface area contributed by atoms with Crippen molar-refractivity contribution in [3.8, 4) is 22.3 Å². The largest absolute Gasteiger partial charge is 0.361 e. The molecule has 19 nitrogen and oxygen atoms in total. The third kappa shape index (κ3) is 8.68. The van der Waals surface area contributed by atoms with Crippen LogP contribution in [0.25, 0.3) is 44.3 Å². The quantitative estimate of drug-likeness (QED) is 0.151. The lowest BCUT2D eigenvalue weighted by atomic mass is 10.0. The molecule has 22 heteroatoms. The summed E-state index contributed by atoms with van der Waals surface area (Å²) in [6, 6.07) is 13.2. The van der Waals surface area contributed by atoms with Crippen molar-refractivity contribution in [2.24, 2.45) is 0 Å². The molecule has 0 spiro atoms. The van der Waals surface area contributed by atoms with Gasteiger partial charge in [-0.15, -0.1) is 0 Å². The van der Waals surface area contributed by atoms with Crippen LogP contribution in [0.3, 0.4) is 0 Å². The minimum Gasteiger partial charge on any atom is -0.361 e. The van der Waals surface area contributed by atoms with Crippen LogP contribution >= 0.6 is 11.6 Å². The summed E-state index contributed by atoms with van der Waals surface area (Å²) in [6.45, 7) is 11.1. The van der Waals surface area contributed by atoms with E-state index in [1.54, 1.807) is 17.2 Å². The van der Waals surface area contributed by atoms with Crippen molar-refractivity contribution >= 4 is 71.2 Å². The van der Waals surface area contributed by atoms with Crippen LogP contribution in [-0.2, 0) is 29.6 Å². The zero-order valence-corrected chi connectivity index (χ0v) is 42.3. The first-order valence-electron chi connectivity index (χ1n) is 23.3. The lowest BCUT2D eigenvalue weighted by Crippen LogP contribution is -2.31. The summed E-state index contributed by atoms with van der Waals surface area (Å²) >= 11 is 6.39. The minimum atomic E-state index is -3.33. The van der Waals surface area contributed by atoms with Crippen LogP contribution in [0.15, 0.2) is 57.7 Å². The molecule has 4 fully saturated rings. The number of hydrogen-bond donors (Lipinski definition) is 1. The number of pyridine rings is 1. The molecule has 0 unspecified atom stereocenters. The predicted octanol–water partition coefficient (Wildman–Crippen LogP) is 7.21. The monoisotopic (exact) mass is 1010 g/mol. The number of halogens is 1. The van der Waals surface area contributed by atoms with Crippen molar-refractivity contribution in [2.45, 2.75) is 97.3 Å². The minimum absolute atomic E-state index is 0.0178. The van der Waals surface area contributed by atoms with Crippen LogP contribution in [0.4, 0.5) is 5.69 Å². The lowest BCUT2D eigenvalue weighted by molar-refractivity contribution is -0.119. The summed E-state index contributed by atoms with van der Waals surface area (Å²) in [6.07, 6.45) is 7.60. The van der Waals surface area contributed by atoms with Gasteiger partial charge in [0, 0.05) is 50.1 Å². The molecule has 0 aliphatic carbocycles. The van der Waals surface area contributed by atoms with E-state index in [9.17, 15) is 26.4 Å². The number of hydrogen-bond acceptors (Lipinski definition) is 13. The van der Waals surface area contributed by atoms with Gasteiger partial charge in [-0.2, -0.15) is 0 Å². The second-order valence-electron chi connectivity index (χ2n) is 18.9. The van der Waals surface area contributed by atoms with Gasteiger partial charge < -0.3 is 28.4 Å². The zero-order valence-electron chi connectivity index (χ0n) is 39.9. The first-order chi connectivity index (χ1) is 33.2. The van der Waals surface area contributed by atoms with Gasteiger partial charge in [0.25, 0.3) is 0 Å². The Kier molecular flexibility index (Phi) is 12.3. The van der Waals surface area contributed by atoms with E-state index >= 15 is 0 Å². The SMILES string of the molecule is Cc1ncc(N2C(=O)CC[C@H]2c2nc3cc(-c4c(C)noc4C)ccc3n2[C@@H]2CCN(S(C)(=O)=O)C2)cc1Cl.Cc1noc(C)c1-c1ccc2c(c1)nc([C@@H]1CCC(=O)N1)n2[C@@H]1CCN(S(C)(=O)=O)C1. The fourth-order valence-electron chi connectivity index (χ4n) is 10.7. The lowest BCUT2D eigenvalue weighted by Gasteiger charge is -2.27. The van der Waals surface area contributed by atoms with Crippen LogP contribution in [-0.4, -0.2) is 110 Å². The van der Waals surface area contributed by atoms with Crippen LogP contribution in [0.5, 0.6) is 0 Å². The summed E-state index contributed by atoms with van der Waals surface area (Å²) < 4.78 is 66.8. The summed E-state index contributed by atoms with van der Waals surface area (Å²) in [7, 11) is -6.59. The molecule has 4 atom stereocenters. The van der Waals surface area contributed by atoms with Crippen LogP contribution in [0.2, 0.25) is 5.02 Å². The number of nitrogens with one attached hydrogen (secondary N) is 1. The Morgan fingerprint density at radius 3 is 1.66 bits per heavy atom. The third-order valence-electron chi connectivity index (χ3n) is 14.1. The standard InChI is InChI=1S/C27H29ClN6O4S.C21H25N5O4S/c1-15-21(28)12-20(13-29-15)33-24(7-8-25(33)35)27-30-22-11-18(26-16(2)31-38-17(26)3)5-6-23(22)34(27)19-9-10-32(14-19)39(4,36)37;1-12-20(13(2)30-24-12)14-4-6-18-17(10-14)23-21(16-5-7-19(27)22-16)26(18)15-8-9-25(11-15)31(3,28)29/h5-6,11-13,19,24H,7-10,14H2,1-4H3;4,6,10,15-16H,5,7-9,11H2,1-3H3,(H,22,27)/t19-,24+;15-,16+/m11/s1. The maximum Gasteiger partial charge on any atom is 0.227 e. The van der Waals surface area contributed by atoms with E-state index in [4.69, 9.17) is 30.6 Å². The van der Waals surface area contributed by atoms with Crippen molar-refractivity contribution in [2.75, 3.05) is 43.6 Å². The highest BCUT2D eigenvalue weighted by atomic mass is 35.5. The Morgan fingerprint density at radius 2 is 1.20 bits per heavy atom. The van der Waals surface area contributed by atoms with Crippen molar-refractivity contribution in [3.05, 3.63) is 93.9 Å². The highest BCUT2D eigenvalue weighted by molar-refractivity contribution is 7.88. The average Bonchev–Trinajstić information content (AvgIpc) is 4.17. The van der Waals surface area contributed by atoms with Gasteiger partial charge in [0.15, 0.2) is 0 Å². The van der Waals surface area contributed by atoms with E-state index in [-0.39, 0.29) is 36.0 Å². The Morgan fingerprint density at radius 1 is 0.671 bits per heavy atom. The highest BCUT2D eigenvalue weighted by Crippen LogP contribution is 2.43. The number of aryl methyl sites for hydroxylation is 5. The molecule has 2 amide bonds. The van der Waals surface area contributed by atoms with E-state index in [0.29, 0.717) is 81.1 Å². The molecule has 7 aromatic rings. The first-order valence-corrected chi connectivity index (χ1v) is 27.4. The Balaban J connectivity index is 0.000000166. The van der Waals surface area contributed by atoms with Gasteiger partial charge >= 0.3 is 0 Å². The molecular formula is C48H54ClN11O8S2. The number of fused-ring (bicyclic) bond motifs is 2. The van der Waals surface area contributed by atoms with Crippen molar-refractivity contribution in [1.29, 1.82) is 0 Å². The maximum atomic E-state index is 13.2. The van der Waals surface area contributed by atoms with Gasteiger partial charge in [-0.3, -0.25) is 14.6 Å². The number of benzene rings is 2. The molecule has 4 saturated heterocycles. The molecule has 11 rings (SSSR count). The number of nitrogens with zero attached hydrogens (tertiary/aromatic N) is 10. The number of anilines is 1. The molecule has 2 aromatic carbocycles. The Labute approximate surface area is 410 Å². The van der Waals surface area contributed by atoms with Crippen LogP contribution in [0, 0.1) is 34.6 Å². The van der Waals surface area contributed by atoms with E-state index in [0.717, 1.165) is 78.9 Å². The zero-order chi connectivity index (χ0) is 49.6. The molecule has 0 bridgehead atoms. The fourth-order valence-corrected chi connectivity index (χ4v) is 12.6. The van der Waals surface area contributed by atoms with E-state index in [1.165, 1.54) is 21.1 Å². The number of imidazole rings is 2. The Bertz CT molecular complexity index is 3430. The number of carbonyl (C=O) groups is 2. The van der Waals surface area contributed by atoms with Crippen LogP contribution < -0.4 is 10.2 Å². The topological polar surface area (TPSA) is 225 Å². The summed E-state index contributed by atoms with van der Waals surface area (Å²) in [5, 5.41) is 11.7. The maximum absolute atomic E-state index is 13.2. The van der Waals surface area contributed by atoms with Gasteiger partial charge in [0.05, 0.1) is 92.7 Å². The molecule has 4 aliphatic rings. The Hall–Kier alpha value is -6.00. The summed E-state index contributed by atoms with van der Waals surface area (Å²) in [5.41, 5.74) is 10.1. The van der Waals surface area contributed by atoms with Gasteiger partial charge in [-0.25, -0.2) is 35.4 Å². The van der Waals surface area contributed by atoms with Crippen molar-refractivity contribution in [3.63, 3.8) is 0 Å². The van der Waals surface area contributed by atoms with Gasteiger partial charge in [0.2, 0.25) is 31.9 Å². The molecule has 9 heterocycles.